The van der Waals surface area contributed by atoms with Crippen LogP contribution in [0.2, 0.25) is 0 Å². The van der Waals surface area contributed by atoms with E-state index in [1.54, 1.807) is 13.1 Å². The van der Waals surface area contributed by atoms with Gasteiger partial charge in [0.15, 0.2) is 12.0 Å². The van der Waals surface area contributed by atoms with Crippen LogP contribution in [0.3, 0.4) is 0 Å². The first-order valence-corrected chi connectivity index (χ1v) is 4.50. The fourth-order valence-corrected chi connectivity index (χ4v) is 1.47. The third-order valence-electron chi connectivity index (χ3n) is 2.04. The van der Waals surface area contributed by atoms with E-state index in [1.165, 1.54) is 0 Å². The first-order chi connectivity index (χ1) is 6.77. The monoisotopic (exact) mass is 266 g/mol. The van der Waals surface area contributed by atoms with Crippen LogP contribution in [0.15, 0.2) is 36.7 Å². The molecule has 1 heterocycles. The van der Waals surface area contributed by atoms with Gasteiger partial charge in [0.25, 0.3) is 0 Å². The SMILES string of the molecule is CC(=O)C[n+]1ccnc2ccccc21.[Br-]. The Morgan fingerprint density at radius 2 is 2.13 bits per heavy atom. The summed E-state index contributed by atoms with van der Waals surface area (Å²) in [7, 11) is 0. The number of halogens is 1. The lowest BCUT2D eigenvalue weighted by atomic mass is 10.3. The molecule has 2 aromatic rings. The summed E-state index contributed by atoms with van der Waals surface area (Å²) in [6, 6.07) is 7.78. The number of aromatic nitrogens is 2. The molecule has 0 bridgehead atoms. The molecular weight excluding hydrogens is 256 g/mol. The van der Waals surface area contributed by atoms with Crippen molar-refractivity contribution in [1.29, 1.82) is 0 Å². The fraction of sp³-hybridized carbons (Fsp3) is 0.182. The largest absolute Gasteiger partial charge is 1.00 e. The number of rotatable bonds is 2. The third-order valence-corrected chi connectivity index (χ3v) is 2.04. The highest BCUT2D eigenvalue weighted by Gasteiger charge is 2.09. The molecule has 0 saturated heterocycles. The summed E-state index contributed by atoms with van der Waals surface area (Å²) in [4.78, 5) is 15.2. The highest BCUT2D eigenvalue weighted by atomic mass is 79.9. The normalized spacial score (nSPS) is 9.67. The highest BCUT2D eigenvalue weighted by Crippen LogP contribution is 2.04. The molecule has 0 radical (unpaired) electrons. The van der Waals surface area contributed by atoms with E-state index in [-0.39, 0.29) is 22.8 Å². The van der Waals surface area contributed by atoms with Crippen molar-refractivity contribution in [3.05, 3.63) is 36.7 Å². The zero-order chi connectivity index (χ0) is 9.97. The van der Waals surface area contributed by atoms with E-state index in [0.29, 0.717) is 6.54 Å². The van der Waals surface area contributed by atoms with Gasteiger partial charge >= 0.3 is 0 Å². The topological polar surface area (TPSA) is 33.8 Å². The van der Waals surface area contributed by atoms with Crippen molar-refractivity contribution < 1.29 is 26.3 Å². The Labute approximate surface area is 98.5 Å². The van der Waals surface area contributed by atoms with Gasteiger partial charge in [0.05, 0.1) is 6.20 Å². The lowest BCUT2D eigenvalue weighted by Gasteiger charge is -1.97. The van der Waals surface area contributed by atoms with E-state index >= 15 is 0 Å². The quantitative estimate of drug-likeness (QED) is 0.597. The van der Waals surface area contributed by atoms with Crippen molar-refractivity contribution in [1.82, 2.24) is 4.98 Å². The van der Waals surface area contributed by atoms with E-state index < -0.39 is 0 Å². The number of para-hydroxylation sites is 2. The van der Waals surface area contributed by atoms with Crippen molar-refractivity contribution in [2.24, 2.45) is 0 Å². The van der Waals surface area contributed by atoms with E-state index in [2.05, 4.69) is 4.98 Å². The third kappa shape index (κ3) is 2.59. The lowest BCUT2D eigenvalue weighted by molar-refractivity contribution is -0.658. The standard InChI is InChI=1S/C11H11N2O.BrH/c1-9(14)8-13-7-6-12-10-4-2-3-5-11(10)13;/h2-7H,8H2,1H3;1H/q+1;/p-1. The molecule has 78 valence electrons. The van der Waals surface area contributed by atoms with Crippen LogP contribution in [-0.2, 0) is 11.3 Å². The van der Waals surface area contributed by atoms with E-state index in [1.807, 2.05) is 35.0 Å². The summed E-state index contributed by atoms with van der Waals surface area (Å²) in [6.07, 6.45) is 3.54. The Bertz CT molecular complexity index is 479. The van der Waals surface area contributed by atoms with Crippen LogP contribution in [0.25, 0.3) is 11.0 Å². The first kappa shape index (κ1) is 11.8. The number of carbonyl (C=O) groups is 1. The second kappa shape index (κ2) is 4.98. The number of ketones is 1. The summed E-state index contributed by atoms with van der Waals surface area (Å²) in [5.74, 6) is 0.145. The molecule has 0 unspecified atom stereocenters. The molecule has 0 aliphatic heterocycles. The molecule has 0 atom stereocenters. The number of Topliss-reactive ketones (excluding diaryl/α,β-unsaturated/α-hetero) is 1. The van der Waals surface area contributed by atoms with Gasteiger partial charge in [0, 0.05) is 13.0 Å². The lowest BCUT2D eigenvalue weighted by Crippen LogP contribution is -3.00. The van der Waals surface area contributed by atoms with Crippen LogP contribution in [0.5, 0.6) is 0 Å². The maximum Gasteiger partial charge on any atom is 0.231 e. The van der Waals surface area contributed by atoms with Crippen LogP contribution >= 0.6 is 0 Å². The Hall–Kier alpha value is -1.29. The molecule has 4 heteroatoms. The second-order valence-corrected chi connectivity index (χ2v) is 3.25. The minimum atomic E-state index is 0. The molecule has 3 nitrogen and oxygen atoms in total. The van der Waals surface area contributed by atoms with Crippen molar-refractivity contribution >= 4 is 16.8 Å². The maximum absolute atomic E-state index is 11.0. The molecule has 0 spiro atoms. The Morgan fingerprint density at radius 3 is 2.87 bits per heavy atom. The molecule has 0 aliphatic rings. The molecule has 0 saturated carbocycles. The molecule has 1 aromatic carbocycles. The minimum Gasteiger partial charge on any atom is -1.00 e. The Kier molecular flexibility index (Phi) is 3.91. The van der Waals surface area contributed by atoms with Gasteiger partial charge in [-0.15, -0.1) is 0 Å². The van der Waals surface area contributed by atoms with Gasteiger partial charge in [-0.05, 0) is 6.07 Å². The molecule has 0 N–H and O–H groups in total. The zero-order valence-corrected chi connectivity index (χ0v) is 9.94. The van der Waals surface area contributed by atoms with Crippen molar-refractivity contribution in [2.75, 3.05) is 0 Å². The molecule has 2 rings (SSSR count). The molecule has 15 heavy (non-hydrogen) atoms. The van der Waals surface area contributed by atoms with E-state index in [0.717, 1.165) is 11.0 Å². The summed E-state index contributed by atoms with van der Waals surface area (Å²) in [6.45, 7) is 1.99. The van der Waals surface area contributed by atoms with Crippen molar-refractivity contribution in [3.8, 4) is 0 Å². The smallest absolute Gasteiger partial charge is 0.231 e. The van der Waals surface area contributed by atoms with Gasteiger partial charge < -0.3 is 17.0 Å². The second-order valence-electron chi connectivity index (χ2n) is 3.25. The van der Waals surface area contributed by atoms with E-state index in [4.69, 9.17) is 0 Å². The van der Waals surface area contributed by atoms with Gasteiger partial charge in [-0.1, -0.05) is 12.1 Å². The number of fused-ring (bicyclic) bond motifs is 1. The molecule has 0 aliphatic carbocycles. The number of nitrogens with zero attached hydrogens (tertiary/aromatic N) is 2. The van der Waals surface area contributed by atoms with Gasteiger partial charge in [-0.2, -0.15) is 4.57 Å². The molecule has 0 fully saturated rings. The van der Waals surface area contributed by atoms with E-state index in [9.17, 15) is 4.79 Å². The van der Waals surface area contributed by atoms with Gasteiger partial charge in [0.1, 0.15) is 5.52 Å². The number of hydrogen-bond donors (Lipinski definition) is 0. The number of benzene rings is 1. The summed E-state index contributed by atoms with van der Waals surface area (Å²) in [5, 5.41) is 0. The van der Waals surface area contributed by atoms with Gasteiger partial charge in [0.2, 0.25) is 12.1 Å². The number of hydrogen-bond acceptors (Lipinski definition) is 2. The molecular formula is C11H11BrN2O. The predicted molar refractivity (Wildman–Crippen MR) is 52.6 cm³/mol. The van der Waals surface area contributed by atoms with Crippen LogP contribution in [0.4, 0.5) is 0 Å². The maximum atomic E-state index is 11.0. The first-order valence-electron chi connectivity index (χ1n) is 4.50. The van der Waals surface area contributed by atoms with Crippen molar-refractivity contribution in [3.63, 3.8) is 0 Å². The Morgan fingerprint density at radius 1 is 1.40 bits per heavy atom. The summed E-state index contributed by atoms with van der Waals surface area (Å²) < 4.78 is 1.91. The average Bonchev–Trinajstić information content (AvgIpc) is 2.18. The van der Waals surface area contributed by atoms with Crippen LogP contribution in [0.1, 0.15) is 6.92 Å². The van der Waals surface area contributed by atoms with Crippen LogP contribution < -0.4 is 21.5 Å². The van der Waals surface area contributed by atoms with Gasteiger partial charge in [-0.3, -0.25) is 4.79 Å². The average molecular weight is 267 g/mol. The van der Waals surface area contributed by atoms with Crippen LogP contribution in [0, 0.1) is 0 Å². The number of carbonyl (C=O) groups excluding carboxylic acids is 1. The summed E-state index contributed by atoms with van der Waals surface area (Å²) >= 11 is 0. The fourth-order valence-electron chi connectivity index (χ4n) is 1.47. The minimum absolute atomic E-state index is 0. The highest BCUT2D eigenvalue weighted by molar-refractivity contribution is 5.75. The predicted octanol–water partition coefficient (Wildman–Crippen LogP) is -1.88. The summed E-state index contributed by atoms with van der Waals surface area (Å²) in [5.41, 5.74) is 1.90. The van der Waals surface area contributed by atoms with Crippen LogP contribution in [-0.4, -0.2) is 10.8 Å². The molecule has 0 amide bonds. The van der Waals surface area contributed by atoms with Crippen molar-refractivity contribution in [2.45, 2.75) is 13.5 Å². The Balaban J connectivity index is 0.00000112. The zero-order valence-electron chi connectivity index (χ0n) is 8.35. The van der Waals surface area contributed by atoms with Gasteiger partial charge in [-0.25, -0.2) is 4.98 Å². The molecule has 1 aromatic heterocycles.